The minimum Gasteiger partial charge on any atom is -0.491 e. The number of rotatable bonds is 7. The van der Waals surface area contributed by atoms with Gasteiger partial charge in [-0.25, -0.2) is 17.5 Å². The number of nitrogens with zero attached hydrogens (tertiary/aromatic N) is 1. The van der Waals surface area contributed by atoms with Crippen molar-refractivity contribution in [3.63, 3.8) is 0 Å². The van der Waals surface area contributed by atoms with Gasteiger partial charge in [0, 0.05) is 25.5 Å². The second kappa shape index (κ2) is 7.12. The Balaban J connectivity index is 2.10. The Bertz CT molecular complexity index is 774. The minimum atomic E-state index is -3.93. The molecule has 1 aromatic carbocycles. The standard InChI is InChI=1S/C15H19FN2O4S/c1-3-22-15-7-6-11(9-12(15)16)23(20,21)17-10-14(19)13-5-4-8-18(13)2/h4-9,14,17,19H,3,10H2,1-2H3. The second-order valence-corrected chi connectivity index (χ2v) is 6.70. The number of benzene rings is 1. The van der Waals surface area contributed by atoms with E-state index in [1.54, 1.807) is 36.9 Å². The highest BCUT2D eigenvalue weighted by molar-refractivity contribution is 7.89. The summed E-state index contributed by atoms with van der Waals surface area (Å²) in [5.41, 5.74) is 0.575. The molecular formula is C15H19FN2O4S. The number of aromatic nitrogens is 1. The van der Waals surface area contributed by atoms with E-state index >= 15 is 0 Å². The molecule has 2 aromatic rings. The maximum absolute atomic E-state index is 13.8. The summed E-state index contributed by atoms with van der Waals surface area (Å²) in [5.74, 6) is -0.756. The summed E-state index contributed by atoms with van der Waals surface area (Å²) in [5, 5.41) is 10.0. The zero-order chi connectivity index (χ0) is 17.0. The van der Waals surface area contributed by atoms with Crippen LogP contribution >= 0.6 is 0 Å². The summed E-state index contributed by atoms with van der Waals surface area (Å²) < 4.78 is 47.1. The molecule has 0 bridgehead atoms. The van der Waals surface area contributed by atoms with Gasteiger partial charge in [0.2, 0.25) is 10.0 Å². The van der Waals surface area contributed by atoms with Gasteiger partial charge >= 0.3 is 0 Å². The van der Waals surface area contributed by atoms with E-state index in [0.29, 0.717) is 5.69 Å². The Labute approximate surface area is 134 Å². The summed E-state index contributed by atoms with van der Waals surface area (Å²) in [6.07, 6.45) is 0.742. The molecule has 8 heteroatoms. The van der Waals surface area contributed by atoms with Crippen LogP contribution in [0.25, 0.3) is 0 Å². The van der Waals surface area contributed by atoms with E-state index in [9.17, 15) is 17.9 Å². The van der Waals surface area contributed by atoms with Crippen LogP contribution in [0.3, 0.4) is 0 Å². The van der Waals surface area contributed by atoms with Gasteiger partial charge in [-0.2, -0.15) is 0 Å². The van der Waals surface area contributed by atoms with E-state index in [1.165, 1.54) is 12.1 Å². The maximum Gasteiger partial charge on any atom is 0.240 e. The SMILES string of the molecule is CCOc1ccc(S(=O)(=O)NCC(O)c2cccn2C)cc1F. The van der Waals surface area contributed by atoms with Crippen molar-refractivity contribution in [2.45, 2.75) is 17.9 Å². The molecule has 2 N–H and O–H groups in total. The lowest BCUT2D eigenvalue weighted by Crippen LogP contribution is -2.29. The zero-order valence-electron chi connectivity index (χ0n) is 12.9. The monoisotopic (exact) mass is 342 g/mol. The smallest absolute Gasteiger partial charge is 0.240 e. The third kappa shape index (κ3) is 4.10. The lowest BCUT2D eigenvalue weighted by atomic mass is 10.2. The highest BCUT2D eigenvalue weighted by Crippen LogP contribution is 2.21. The van der Waals surface area contributed by atoms with Crippen molar-refractivity contribution >= 4 is 10.0 Å². The number of sulfonamides is 1. The van der Waals surface area contributed by atoms with Crippen molar-refractivity contribution in [2.75, 3.05) is 13.2 Å². The Morgan fingerprint density at radius 1 is 1.39 bits per heavy atom. The molecule has 0 aliphatic carbocycles. The number of aryl methyl sites for hydroxylation is 1. The summed E-state index contributed by atoms with van der Waals surface area (Å²) in [6, 6.07) is 6.85. The average Bonchev–Trinajstić information content (AvgIpc) is 2.93. The normalized spacial score (nSPS) is 13.0. The van der Waals surface area contributed by atoms with Crippen molar-refractivity contribution in [2.24, 2.45) is 7.05 Å². The van der Waals surface area contributed by atoms with Crippen molar-refractivity contribution in [3.05, 3.63) is 48.0 Å². The molecule has 2 rings (SSSR count). The van der Waals surface area contributed by atoms with E-state index < -0.39 is 21.9 Å². The van der Waals surface area contributed by atoms with Gasteiger partial charge < -0.3 is 14.4 Å². The highest BCUT2D eigenvalue weighted by atomic mass is 32.2. The first-order valence-corrected chi connectivity index (χ1v) is 8.54. The molecule has 0 aliphatic heterocycles. The van der Waals surface area contributed by atoms with Crippen LogP contribution in [-0.4, -0.2) is 31.2 Å². The van der Waals surface area contributed by atoms with Gasteiger partial charge in [-0.15, -0.1) is 0 Å². The van der Waals surface area contributed by atoms with Crippen LogP contribution in [0.4, 0.5) is 4.39 Å². The first-order valence-electron chi connectivity index (χ1n) is 7.06. The Hall–Kier alpha value is -1.90. The summed E-state index contributed by atoms with van der Waals surface area (Å²) >= 11 is 0. The maximum atomic E-state index is 13.8. The predicted molar refractivity (Wildman–Crippen MR) is 83.1 cm³/mol. The van der Waals surface area contributed by atoms with Gasteiger partial charge in [-0.1, -0.05) is 0 Å². The minimum absolute atomic E-state index is 0.00436. The molecule has 1 atom stereocenters. The molecule has 1 heterocycles. The molecule has 1 aromatic heterocycles. The van der Waals surface area contributed by atoms with Gasteiger partial charge in [0.1, 0.15) is 6.10 Å². The molecule has 0 spiro atoms. The van der Waals surface area contributed by atoms with Gasteiger partial charge in [-0.3, -0.25) is 0 Å². The Morgan fingerprint density at radius 2 is 2.13 bits per heavy atom. The molecule has 0 aliphatic rings. The van der Waals surface area contributed by atoms with Crippen LogP contribution in [0.1, 0.15) is 18.7 Å². The van der Waals surface area contributed by atoms with Gasteiger partial charge in [0.15, 0.2) is 11.6 Å². The van der Waals surface area contributed by atoms with Crippen LogP contribution in [0.2, 0.25) is 0 Å². The van der Waals surface area contributed by atoms with Crippen molar-refractivity contribution in [1.29, 1.82) is 0 Å². The summed E-state index contributed by atoms with van der Waals surface area (Å²) in [4.78, 5) is -0.225. The Morgan fingerprint density at radius 3 is 2.70 bits per heavy atom. The van der Waals surface area contributed by atoms with Crippen molar-refractivity contribution < 1.29 is 22.7 Å². The first kappa shape index (κ1) is 17.5. The van der Waals surface area contributed by atoms with E-state index in [4.69, 9.17) is 4.74 Å². The molecule has 126 valence electrons. The van der Waals surface area contributed by atoms with E-state index in [-0.39, 0.29) is 23.8 Å². The molecule has 0 amide bonds. The van der Waals surface area contributed by atoms with E-state index in [0.717, 1.165) is 6.07 Å². The number of hydrogen-bond donors (Lipinski definition) is 2. The number of nitrogens with one attached hydrogen (secondary N) is 1. The van der Waals surface area contributed by atoms with Crippen LogP contribution in [0.15, 0.2) is 41.4 Å². The van der Waals surface area contributed by atoms with Gasteiger partial charge in [0.25, 0.3) is 0 Å². The molecule has 6 nitrogen and oxygen atoms in total. The fourth-order valence-electron chi connectivity index (χ4n) is 2.12. The van der Waals surface area contributed by atoms with Crippen LogP contribution in [0.5, 0.6) is 5.75 Å². The fourth-order valence-corrected chi connectivity index (χ4v) is 3.17. The third-order valence-electron chi connectivity index (χ3n) is 3.31. The van der Waals surface area contributed by atoms with Crippen LogP contribution in [0, 0.1) is 5.82 Å². The molecule has 0 saturated carbocycles. The third-order valence-corrected chi connectivity index (χ3v) is 4.73. The quantitative estimate of drug-likeness (QED) is 0.800. The number of ether oxygens (including phenoxy) is 1. The average molecular weight is 342 g/mol. The molecule has 0 saturated heterocycles. The fraction of sp³-hybridized carbons (Fsp3) is 0.333. The first-order chi connectivity index (χ1) is 10.8. The lowest BCUT2D eigenvalue weighted by molar-refractivity contribution is 0.173. The van der Waals surface area contributed by atoms with Crippen molar-refractivity contribution in [3.8, 4) is 5.75 Å². The molecule has 1 unspecified atom stereocenters. The zero-order valence-corrected chi connectivity index (χ0v) is 13.7. The molecule has 23 heavy (non-hydrogen) atoms. The highest BCUT2D eigenvalue weighted by Gasteiger charge is 2.19. The number of aliphatic hydroxyl groups excluding tert-OH is 1. The number of aliphatic hydroxyl groups is 1. The summed E-state index contributed by atoms with van der Waals surface area (Å²) in [6.45, 7) is 1.77. The Kier molecular flexibility index (Phi) is 5.40. The molecular weight excluding hydrogens is 323 g/mol. The molecule has 0 fully saturated rings. The number of hydrogen-bond acceptors (Lipinski definition) is 4. The van der Waals surface area contributed by atoms with Gasteiger partial charge in [-0.05, 0) is 37.3 Å². The largest absolute Gasteiger partial charge is 0.491 e. The predicted octanol–water partition coefficient (Wildman–Crippen LogP) is 1.57. The lowest BCUT2D eigenvalue weighted by Gasteiger charge is -2.14. The number of halogens is 1. The molecule has 0 radical (unpaired) electrons. The topological polar surface area (TPSA) is 80.6 Å². The van der Waals surface area contributed by atoms with Gasteiger partial charge in [0.05, 0.1) is 11.5 Å². The van der Waals surface area contributed by atoms with Crippen molar-refractivity contribution in [1.82, 2.24) is 9.29 Å². The van der Waals surface area contributed by atoms with Crippen LogP contribution in [-0.2, 0) is 17.1 Å². The summed E-state index contributed by atoms with van der Waals surface area (Å²) in [7, 11) is -2.18. The van der Waals surface area contributed by atoms with E-state index in [1.807, 2.05) is 0 Å². The van der Waals surface area contributed by atoms with E-state index in [2.05, 4.69) is 4.72 Å². The second-order valence-electron chi connectivity index (χ2n) is 4.94. The van der Waals surface area contributed by atoms with Crippen LogP contribution < -0.4 is 9.46 Å².